The highest BCUT2D eigenvalue weighted by atomic mass is 16.6. The molecular weight excluding hydrogens is 246 g/mol. The van der Waals surface area contributed by atoms with Gasteiger partial charge >= 0.3 is 5.97 Å². The Bertz CT molecular complexity index is 579. The molecule has 2 N–H and O–H groups in total. The molecule has 2 aromatic heterocycles. The van der Waals surface area contributed by atoms with Crippen LogP contribution in [0.5, 0.6) is 0 Å². The Hall–Kier alpha value is -2.18. The first kappa shape index (κ1) is 13.3. The molecule has 2 rings (SSSR count). The summed E-state index contributed by atoms with van der Waals surface area (Å²) in [5.41, 5.74) is 1.50. The van der Waals surface area contributed by atoms with E-state index < -0.39 is 11.6 Å². The average Bonchev–Trinajstić information content (AvgIpc) is 2.95. The maximum Gasteiger partial charge on any atom is 0.361 e. The summed E-state index contributed by atoms with van der Waals surface area (Å²) < 4.78 is 5.28. The van der Waals surface area contributed by atoms with Crippen LogP contribution in [0.15, 0.2) is 6.07 Å². The second-order valence-electron chi connectivity index (χ2n) is 5.15. The number of H-pyrrole nitrogens is 2. The summed E-state index contributed by atoms with van der Waals surface area (Å²) in [6.07, 6.45) is 0.826. The van der Waals surface area contributed by atoms with Gasteiger partial charge in [0.25, 0.3) is 0 Å². The topological polar surface area (TPSA) is 96.6 Å². The van der Waals surface area contributed by atoms with Crippen LogP contribution in [0.1, 0.15) is 43.9 Å². The lowest BCUT2D eigenvalue weighted by atomic mass is 10.2. The Balaban J connectivity index is 2.29. The number of nitrogens with one attached hydrogen (secondary N) is 2. The monoisotopic (exact) mass is 263 g/mol. The lowest BCUT2D eigenvalue weighted by molar-refractivity contribution is 0.00637. The lowest BCUT2D eigenvalue weighted by Crippen LogP contribution is -2.24. The van der Waals surface area contributed by atoms with Gasteiger partial charge in [-0.1, -0.05) is 6.92 Å². The van der Waals surface area contributed by atoms with Crippen molar-refractivity contribution in [2.24, 2.45) is 0 Å². The number of carbonyl (C=O) groups is 1. The molecule has 7 nitrogen and oxygen atoms in total. The van der Waals surface area contributed by atoms with Crippen molar-refractivity contribution >= 4 is 5.97 Å². The van der Waals surface area contributed by atoms with Gasteiger partial charge in [0.05, 0.1) is 0 Å². The summed E-state index contributed by atoms with van der Waals surface area (Å²) in [6.45, 7) is 7.41. The van der Waals surface area contributed by atoms with Gasteiger partial charge in [-0.15, -0.1) is 5.10 Å². The number of ether oxygens (including phenoxy) is 1. The maximum absolute atomic E-state index is 12.0. The van der Waals surface area contributed by atoms with Gasteiger partial charge in [-0.25, -0.2) is 4.79 Å². The number of esters is 1. The summed E-state index contributed by atoms with van der Waals surface area (Å²) in [5.74, 6) is -0.516. The Morgan fingerprint density at radius 3 is 2.63 bits per heavy atom. The Labute approximate surface area is 110 Å². The van der Waals surface area contributed by atoms with Crippen molar-refractivity contribution < 1.29 is 9.53 Å². The highest BCUT2D eigenvalue weighted by molar-refractivity contribution is 5.93. The molecule has 0 fully saturated rings. The standard InChI is InChI=1S/C12H17N5O2/c1-5-7-6-8(14-13-7)9-10(16-17-15-9)11(18)19-12(2,3)4/h6H,5H2,1-4H3,(H,13,14)(H,15,16,17). The molecule has 0 aliphatic carbocycles. The summed E-state index contributed by atoms with van der Waals surface area (Å²) >= 11 is 0. The van der Waals surface area contributed by atoms with E-state index >= 15 is 0 Å². The number of nitrogens with zero attached hydrogens (tertiary/aromatic N) is 3. The summed E-state index contributed by atoms with van der Waals surface area (Å²) in [5, 5.41) is 17.2. The van der Waals surface area contributed by atoms with Gasteiger partial charge in [-0.3, -0.25) is 5.10 Å². The van der Waals surface area contributed by atoms with Crippen molar-refractivity contribution in [2.75, 3.05) is 0 Å². The van der Waals surface area contributed by atoms with Gasteiger partial charge in [-0.2, -0.15) is 15.4 Å². The normalized spacial score (nSPS) is 11.6. The number of aromatic amines is 2. The van der Waals surface area contributed by atoms with Crippen molar-refractivity contribution in [2.45, 2.75) is 39.7 Å². The van der Waals surface area contributed by atoms with E-state index in [0.29, 0.717) is 11.4 Å². The van der Waals surface area contributed by atoms with Crippen LogP contribution in [0.2, 0.25) is 0 Å². The molecule has 7 heteroatoms. The Morgan fingerprint density at radius 2 is 2.05 bits per heavy atom. The smallest absolute Gasteiger partial charge is 0.361 e. The predicted octanol–water partition coefficient (Wildman–Crippen LogP) is 1.71. The first-order chi connectivity index (χ1) is 8.90. The summed E-state index contributed by atoms with van der Waals surface area (Å²) in [7, 11) is 0. The van der Waals surface area contributed by atoms with Gasteiger partial charge in [0.1, 0.15) is 17.0 Å². The van der Waals surface area contributed by atoms with Crippen molar-refractivity contribution in [3.63, 3.8) is 0 Å². The molecule has 0 unspecified atom stereocenters. The van der Waals surface area contributed by atoms with Crippen LogP contribution in [-0.2, 0) is 11.2 Å². The number of aryl methyl sites for hydroxylation is 1. The minimum Gasteiger partial charge on any atom is -0.455 e. The highest BCUT2D eigenvalue weighted by Crippen LogP contribution is 2.20. The second kappa shape index (κ2) is 4.83. The molecule has 2 aromatic rings. The Morgan fingerprint density at radius 1 is 1.32 bits per heavy atom. The number of aromatic nitrogens is 5. The van der Waals surface area contributed by atoms with Crippen LogP contribution in [-0.4, -0.2) is 37.2 Å². The third kappa shape index (κ3) is 2.98. The van der Waals surface area contributed by atoms with Crippen LogP contribution < -0.4 is 0 Å². The summed E-state index contributed by atoms with van der Waals surface area (Å²) in [4.78, 5) is 12.0. The zero-order valence-corrected chi connectivity index (χ0v) is 11.4. The minimum atomic E-state index is -0.576. The van der Waals surface area contributed by atoms with E-state index in [1.54, 1.807) is 20.8 Å². The zero-order valence-electron chi connectivity index (χ0n) is 11.4. The van der Waals surface area contributed by atoms with Gasteiger partial charge in [0, 0.05) is 5.69 Å². The third-order valence-electron chi connectivity index (χ3n) is 2.39. The van der Waals surface area contributed by atoms with E-state index in [-0.39, 0.29) is 5.69 Å². The van der Waals surface area contributed by atoms with Gasteiger partial charge in [-0.05, 0) is 33.3 Å². The molecule has 0 spiro atoms. The molecule has 19 heavy (non-hydrogen) atoms. The van der Waals surface area contributed by atoms with Gasteiger partial charge in [0.15, 0.2) is 5.69 Å². The molecule has 0 atom stereocenters. The SMILES string of the molecule is CCc1cc(-c2n[nH]nc2C(=O)OC(C)(C)C)n[nH]1. The van der Waals surface area contributed by atoms with E-state index in [1.807, 2.05) is 13.0 Å². The van der Waals surface area contributed by atoms with Crippen molar-refractivity contribution in [3.8, 4) is 11.4 Å². The fraction of sp³-hybridized carbons (Fsp3) is 0.500. The fourth-order valence-corrected chi connectivity index (χ4v) is 1.54. The first-order valence-corrected chi connectivity index (χ1v) is 6.09. The van der Waals surface area contributed by atoms with E-state index in [9.17, 15) is 4.79 Å². The molecular formula is C12H17N5O2. The molecule has 0 bridgehead atoms. The molecule has 0 saturated carbocycles. The molecule has 0 aliphatic heterocycles. The van der Waals surface area contributed by atoms with E-state index in [2.05, 4.69) is 25.6 Å². The summed E-state index contributed by atoms with van der Waals surface area (Å²) in [6, 6.07) is 1.84. The number of hydrogen-bond acceptors (Lipinski definition) is 5. The molecule has 0 radical (unpaired) electrons. The molecule has 0 aromatic carbocycles. The third-order valence-corrected chi connectivity index (χ3v) is 2.39. The minimum absolute atomic E-state index is 0.143. The van der Waals surface area contributed by atoms with Gasteiger partial charge < -0.3 is 4.74 Å². The number of hydrogen-bond donors (Lipinski definition) is 2. The molecule has 0 amide bonds. The van der Waals surface area contributed by atoms with Crippen LogP contribution in [0.25, 0.3) is 11.4 Å². The van der Waals surface area contributed by atoms with Crippen molar-refractivity contribution in [1.82, 2.24) is 25.6 Å². The lowest BCUT2D eigenvalue weighted by Gasteiger charge is -2.18. The van der Waals surface area contributed by atoms with Crippen LogP contribution >= 0.6 is 0 Å². The van der Waals surface area contributed by atoms with Gasteiger partial charge in [0.2, 0.25) is 0 Å². The molecule has 102 valence electrons. The largest absolute Gasteiger partial charge is 0.455 e. The van der Waals surface area contributed by atoms with E-state index in [0.717, 1.165) is 12.1 Å². The van der Waals surface area contributed by atoms with Crippen molar-refractivity contribution in [1.29, 1.82) is 0 Å². The highest BCUT2D eigenvalue weighted by Gasteiger charge is 2.25. The quantitative estimate of drug-likeness (QED) is 0.822. The first-order valence-electron chi connectivity index (χ1n) is 6.09. The predicted molar refractivity (Wildman–Crippen MR) is 68.5 cm³/mol. The van der Waals surface area contributed by atoms with Crippen molar-refractivity contribution in [3.05, 3.63) is 17.5 Å². The molecule has 2 heterocycles. The Kier molecular flexibility index (Phi) is 3.37. The second-order valence-corrected chi connectivity index (χ2v) is 5.15. The zero-order chi connectivity index (χ0) is 14.0. The maximum atomic E-state index is 12.0. The van der Waals surface area contributed by atoms with Crippen LogP contribution in [0.3, 0.4) is 0 Å². The fourth-order valence-electron chi connectivity index (χ4n) is 1.54. The number of rotatable bonds is 3. The number of carbonyl (C=O) groups excluding carboxylic acids is 1. The van der Waals surface area contributed by atoms with E-state index in [4.69, 9.17) is 4.74 Å². The van der Waals surface area contributed by atoms with E-state index in [1.165, 1.54) is 0 Å². The van der Waals surface area contributed by atoms with Crippen LogP contribution in [0, 0.1) is 0 Å². The molecule has 0 aliphatic rings. The average molecular weight is 263 g/mol. The van der Waals surface area contributed by atoms with Crippen LogP contribution in [0.4, 0.5) is 0 Å². The molecule has 0 saturated heterocycles.